The second-order valence-corrected chi connectivity index (χ2v) is 5.90. The molecule has 1 N–H and O–H groups in total. The van der Waals surface area contributed by atoms with Gasteiger partial charge in [-0.1, -0.05) is 30.0 Å². The van der Waals surface area contributed by atoms with Gasteiger partial charge < -0.3 is 10.2 Å². The summed E-state index contributed by atoms with van der Waals surface area (Å²) in [7, 11) is 0. The largest absolute Gasteiger partial charge is 0.341 e. The van der Waals surface area contributed by atoms with Crippen molar-refractivity contribution in [2.45, 2.75) is 19.3 Å². The second-order valence-electron chi connectivity index (χ2n) is 5.90. The molecular formula is C21H20N2O2. The molecule has 2 aromatic carbocycles. The number of benzene rings is 2. The average molecular weight is 332 g/mol. The van der Waals surface area contributed by atoms with Crippen molar-refractivity contribution in [2.24, 2.45) is 0 Å². The van der Waals surface area contributed by atoms with Crippen molar-refractivity contribution in [2.75, 3.05) is 18.0 Å². The van der Waals surface area contributed by atoms with Crippen LogP contribution in [-0.4, -0.2) is 24.9 Å². The van der Waals surface area contributed by atoms with Crippen LogP contribution in [0, 0.1) is 11.8 Å². The quantitative estimate of drug-likeness (QED) is 0.879. The molecule has 0 aromatic heterocycles. The van der Waals surface area contributed by atoms with Gasteiger partial charge in [0.05, 0.1) is 6.54 Å². The Morgan fingerprint density at radius 1 is 1.04 bits per heavy atom. The van der Waals surface area contributed by atoms with Crippen molar-refractivity contribution in [1.29, 1.82) is 0 Å². The number of amides is 2. The van der Waals surface area contributed by atoms with Crippen LogP contribution in [0.25, 0.3) is 0 Å². The molecule has 0 bridgehead atoms. The van der Waals surface area contributed by atoms with Gasteiger partial charge in [-0.3, -0.25) is 9.59 Å². The summed E-state index contributed by atoms with van der Waals surface area (Å²) in [5.74, 6) is 5.92. The molecule has 1 saturated heterocycles. The van der Waals surface area contributed by atoms with Gasteiger partial charge in [0.25, 0.3) is 5.91 Å². The SMILES string of the molecule is O=C(NCC#Cc1ccccc1)c1ccc(N2CCCCC2=O)cc1. The average Bonchev–Trinajstić information content (AvgIpc) is 2.66. The summed E-state index contributed by atoms with van der Waals surface area (Å²) < 4.78 is 0. The lowest BCUT2D eigenvalue weighted by atomic mass is 10.1. The number of nitrogens with zero attached hydrogens (tertiary/aromatic N) is 1. The third-order valence-corrected chi connectivity index (χ3v) is 4.11. The lowest BCUT2D eigenvalue weighted by Gasteiger charge is -2.26. The van der Waals surface area contributed by atoms with Crippen LogP contribution < -0.4 is 10.2 Å². The van der Waals surface area contributed by atoms with E-state index < -0.39 is 0 Å². The van der Waals surface area contributed by atoms with Crippen LogP contribution >= 0.6 is 0 Å². The fourth-order valence-corrected chi connectivity index (χ4v) is 2.77. The summed E-state index contributed by atoms with van der Waals surface area (Å²) in [6, 6.07) is 16.8. The van der Waals surface area contributed by atoms with E-state index in [-0.39, 0.29) is 11.8 Å². The first kappa shape index (κ1) is 16.8. The molecule has 1 aliphatic heterocycles. The van der Waals surface area contributed by atoms with Gasteiger partial charge in [0.2, 0.25) is 5.91 Å². The Morgan fingerprint density at radius 2 is 1.80 bits per heavy atom. The lowest BCUT2D eigenvalue weighted by Crippen LogP contribution is -2.35. The van der Waals surface area contributed by atoms with Crippen LogP contribution in [0.4, 0.5) is 5.69 Å². The van der Waals surface area contributed by atoms with E-state index in [1.165, 1.54) is 0 Å². The fourth-order valence-electron chi connectivity index (χ4n) is 2.77. The molecule has 4 heteroatoms. The van der Waals surface area contributed by atoms with Gasteiger partial charge in [0, 0.05) is 29.8 Å². The summed E-state index contributed by atoms with van der Waals surface area (Å²) in [6.45, 7) is 1.04. The maximum Gasteiger partial charge on any atom is 0.252 e. The molecule has 25 heavy (non-hydrogen) atoms. The molecule has 0 aliphatic carbocycles. The number of rotatable bonds is 3. The van der Waals surface area contributed by atoms with Gasteiger partial charge in [-0.2, -0.15) is 0 Å². The van der Waals surface area contributed by atoms with Crippen molar-refractivity contribution >= 4 is 17.5 Å². The normalized spacial score (nSPS) is 13.8. The highest BCUT2D eigenvalue weighted by Gasteiger charge is 2.19. The lowest BCUT2D eigenvalue weighted by molar-refractivity contribution is -0.119. The Hall–Kier alpha value is -3.06. The molecule has 2 amide bonds. The number of carbonyl (C=O) groups is 2. The Labute approximate surface area is 147 Å². The van der Waals surface area contributed by atoms with Crippen molar-refractivity contribution < 1.29 is 9.59 Å². The summed E-state index contributed by atoms with van der Waals surface area (Å²) >= 11 is 0. The topological polar surface area (TPSA) is 49.4 Å². The first-order valence-corrected chi connectivity index (χ1v) is 8.46. The van der Waals surface area contributed by atoms with Crippen LogP contribution in [0.2, 0.25) is 0 Å². The van der Waals surface area contributed by atoms with E-state index >= 15 is 0 Å². The van der Waals surface area contributed by atoms with Crippen molar-refractivity contribution in [3.8, 4) is 11.8 Å². The summed E-state index contributed by atoms with van der Waals surface area (Å²) in [5, 5.41) is 2.78. The Kier molecular flexibility index (Phi) is 5.48. The number of piperidine rings is 1. The van der Waals surface area contributed by atoms with E-state index in [1.807, 2.05) is 42.5 Å². The van der Waals surface area contributed by atoms with Gasteiger partial charge in [0.15, 0.2) is 0 Å². The van der Waals surface area contributed by atoms with Crippen molar-refractivity contribution in [3.63, 3.8) is 0 Å². The number of hydrogen-bond acceptors (Lipinski definition) is 2. The predicted molar refractivity (Wildman–Crippen MR) is 98.3 cm³/mol. The zero-order valence-corrected chi connectivity index (χ0v) is 14.0. The summed E-state index contributed by atoms with van der Waals surface area (Å²) in [6.07, 6.45) is 2.58. The molecule has 4 nitrogen and oxygen atoms in total. The van der Waals surface area contributed by atoms with Gasteiger partial charge in [-0.25, -0.2) is 0 Å². The highest BCUT2D eigenvalue weighted by Crippen LogP contribution is 2.21. The van der Waals surface area contributed by atoms with Gasteiger partial charge in [-0.15, -0.1) is 0 Å². The molecule has 0 radical (unpaired) electrons. The first-order chi connectivity index (χ1) is 12.2. The Balaban J connectivity index is 1.56. The number of carbonyl (C=O) groups excluding carboxylic acids is 2. The van der Waals surface area contributed by atoms with Crippen molar-refractivity contribution in [3.05, 3.63) is 65.7 Å². The molecule has 0 spiro atoms. The molecule has 1 heterocycles. The minimum absolute atomic E-state index is 0.152. The minimum atomic E-state index is -0.168. The third kappa shape index (κ3) is 4.48. The predicted octanol–water partition coefficient (Wildman–Crippen LogP) is 2.99. The Morgan fingerprint density at radius 3 is 2.52 bits per heavy atom. The standard InChI is InChI=1S/C21H20N2O2/c24-20-10-4-5-16-23(20)19-13-11-18(12-14-19)21(25)22-15-6-9-17-7-2-1-3-8-17/h1-3,7-8,11-14H,4-5,10,15-16H2,(H,22,25). The summed E-state index contributed by atoms with van der Waals surface area (Å²) in [4.78, 5) is 25.9. The number of nitrogens with one attached hydrogen (secondary N) is 1. The molecule has 1 fully saturated rings. The fraction of sp³-hybridized carbons (Fsp3) is 0.238. The maximum absolute atomic E-state index is 12.1. The highest BCUT2D eigenvalue weighted by atomic mass is 16.2. The number of hydrogen-bond donors (Lipinski definition) is 1. The first-order valence-electron chi connectivity index (χ1n) is 8.46. The van der Waals surface area contributed by atoms with Gasteiger partial charge in [0.1, 0.15) is 0 Å². The second kappa shape index (κ2) is 8.16. The highest BCUT2D eigenvalue weighted by molar-refractivity contribution is 5.97. The maximum atomic E-state index is 12.1. The smallest absolute Gasteiger partial charge is 0.252 e. The van der Waals surface area contributed by atoms with E-state index in [9.17, 15) is 9.59 Å². The van der Waals surface area contributed by atoms with Gasteiger partial charge >= 0.3 is 0 Å². The molecule has 1 aliphatic rings. The molecule has 0 unspecified atom stereocenters. The van der Waals surface area contributed by atoms with Gasteiger partial charge in [-0.05, 0) is 49.2 Å². The van der Waals surface area contributed by atoms with E-state index in [1.54, 1.807) is 17.0 Å². The van der Waals surface area contributed by atoms with Crippen LogP contribution in [0.5, 0.6) is 0 Å². The van der Waals surface area contributed by atoms with Crippen LogP contribution in [0.1, 0.15) is 35.2 Å². The van der Waals surface area contributed by atoms with E-state index in [0.29, 0.717) is 18.5 Å². The van der Waals surface area contributed by atoms with Crippen molar-refractivity contribution in [1.82, 2.24) is 5.32 Å². The molecule has 2 aromatic rings. The van der Waals surface area contributed by atoms with E-state index in [2.05, 4.69) is 17.2 Å². The summed E-state index contributed by atoms with van der Waals surface area (Å²) in [5.41, 5.74) is 2.34. The minimum Gasteiger partial charge on any atom is -0.341 e. The molecule has 3 rings (SSSR count). The molecule has 126 valence electrons. The van der Waals surface area contributed by atoms with E-state index in [0.717, 1.165) is 30.6 Å². The third-order valence-electron chi connectivity index (χ3n) is 4.11. The van der Waals surface area contributed by atoms with Crippen LogP contribution in [-0.2, 0) is 4.79 Å². The monoisotopic (exact) mass is 332 g/mol. The Bertz CT molecular complexity index is 801. The van der Waals surface area contributed by atoms with Crippen LogP contribution in [0.3, 0.4) is 0 Å². The zero-order valence-electron chi connectivity index (χ0n) is 14.0. The van der Waals surface area contributed by atoms with Crippen LogP contribution in [0.15, 0.2) is 54.6 Å². The van der Waals surface area contributed by atoms with E-state index in [4.69, 9.17) is 0 Å². The molecular weight excluding hydrogens is 312 g/mol. The zero-order chi connectivity index (χ0) is 17.5. The number of anilines is 1. The molecule has 0 saturated carbocycles. The molecule has 0 atom stereocenters.